The van der Waals surface area contributed by atoms with Crippen LogP contribution in [0.5, 0.6) is 0 Å². The number of hydrogen-bond acceptors (Lipinski definition) is 3. The van der Waals surface area contributed by atoms with Gasteiger partial charge in [-0.3, -0.25) is 0 Å². The van der Waals surface area contributed by atoms with Crippen molar-refractivity contribution in [3.05, 3.63) is 44.7 Å². The van der Waals surface area contributed by atoms with Gasteiger partial charge in [-0.2, -0.15) is 0 Å². The summed E-state index contributed by atoms with van der Waals surface area (Å²) in [5.74, 6) is 0.181. The van der Waals surface area contributed by atoms with Crippen LogP contribution in [0.25, 0.3) is 0 Å². The Kier molecular flexibility index (Phi) is 3.87. The van der Waals surface area contributed by atoms with E-state index in [1.165, 1.54) is 12.3 Å². The fourth-order valence-electron chi connectivity index (χ4n) is 1.40. The first-order chi connectivity index (χ1) is 8.49. The minimum Gasteiger partial charge on any atom is -0.397 e. The Labute approximate surface area is 121 Å². The first-order valence-electron chi connectivity index (χ1n) is 5.11. The van der Waals surface area contributed by atoms with Crippen molar-refractivity contribution in [3.8, 4) is 0 Å². The van der Waals surface area contributed by atoms with Crippen LogP contribution < -0.4 is 11.1 Å². The smallest absolute Gasteiger partial charge is 0.146 e. The van der Waals surface area contributed by atoms with Gasteiger partial charge < -0.3 is 11.1 Å². The minimum atomic E-state index is -0.346. The molecule has 0 aliphatic rings. The van der Waals surface area contributed by atoms with Crippen molar-refractivity contribution in [2.24, 2.45) is 0 Å². The Morgan fingerprint density at radius 2 is 2.06 bits per heavy atom. The van der Waals surface area contributed by atoms with E-state index >= 15 is 0 Å². The summed E-state index contributed by atoms with van der Waals surface area (Å²) in [5.41, 5.74) is 7.53. The third-order valence-electron chi connectivity index (χ3n) is 2.48. The number of nitrogens with two attached hydrogens (primary N) is 1. The van der Waals surface area contributed by atoms with E-state index in [0.29, 0.717) is 17.2 Å². The highest BCUT2D eigenvalue weighted by Gasteiger charge is 2.10. The normalized spacial score (nSPS) is 10.4. The molecule has 0 spiro atoms. The van der Waals surface area contributed by atoms with Gasteiger partial charge in [0.2, 0.25) is 0 Å². The van der Waals surface area contributed by atoms with Crippen molar-refractivity contribution in [2.75, 3.05) is 11.1 Å². The molecule has 1 aromatic heterocycles. The lowest BCUT2D eigenvalue weighted by Gasteiger charge is -2.11. The van der Waals surface area contributed by atoms with Crippen LogP contribution in [-0.2, 0) is 0 Å². The third-order valence-corrected chi connectivity index (χ3v) is 3.95. The molecule has 3 N–H and O–H groups in total. The Balaban J connectivity index is 2.40. The van der Waals surface area contributed by atoms with Gasteiger partial charge in [-0.15, -0.1) is 0 Å². The maximum absolute atomic E-state index is 13.6. The molecule has 0 aliphatic carbocycles. The van der Waals surface area contributed by atoms with Crippen LogP contribution in [0, 0.1) is 12.7 Å². The number of nitrogen functional groups attached to an aromatic ring is 1. The molecule has 6 heteroatoms. The molecule has 94 valence electrons. The fourth-order valence-corrected chi connectivity index (χ4v) is 2.19. The number of pyridine rings is 1. The van der Waals surface area contributed by atoms with Gasteiger partial charge >= 0.3 is 0 Å². The molecule has 0 fully saturated rings. The molecular weight excluding hydrogens is 365 g/mol. The molecule has 0 aliphatic heterocycles. The molecule has 1 heterocycles. The molecule has 2 rings (SSSR count). The Hall–Kier alpha value is -1.14. The Morgan fingerprint density at radius 3 is 2.78 bits per heavy atom. The van der Waals surface area contributed by atoms with Crippen molar-refractivity contribution in [2.45, 2.75) is 6.92 Å². The van der Waals surface area contributed by atoms with Gasteiger partial charge in [-0.1, -0.05) is 15.9 Å². The molecule has 2 aromatic rings. The highest BCUT2D eigenvalue weighted by molar-refractivity contribution is 9.11. The van der Waals surface area contributed by atoms with Crippen LogP contribution in [0.15, 0.2) is 33.3 Å². The molecular formula is C12H10Br2FN3. The van der Waals surface area contributed by atoms with E-state index in [1.54, 1.807) is 12.1 Å². The van der Waals surface area contributed by atoms with Crippen LogP contribution in [0.1, 0.15) is 5.56 Å². The summed E-state index contributed by atoms with van der Waals surface area (Å²) >= 11 is 6.69. The summed E-state index contributed by atoms with van der Waals surface area (Å²) in [6.07, 6.45) is 1.54. The molecule has 3 nitrogen and oxygen atoms in total. The van der Waals surface area contributed by atoms with Crippen molar-refractivity contribution >= 4 is 49.1 Å². The zero-order valence-electron chi connectivity index (χ0n) is 9.47. The van der Waals surface area contributed by atoms with Gasteiger partial charge in [-0.05, 0) is 46.6 Å². The third kappa shape index (κ3) is 2.64. The monoisotopic (exact) mass is 373 g/mol. The first kappa shape index (κ1) is 13.3. The highest BCUT2D eigenvalue weighted by atomic mass is 79.9. The van der Waals surface area contributed by atoms with Gasteiger partial charge in [0.1, 0.15) is 11.6 Å². The van der Waals surface area contributed by atoms with Gasteiger partial charge in [0, 0.05) is 4.47 Å². The maximum Gasteiger partial charge on any atom is 0.146 e. The average Bonchev–Trinajstić information content (AvgIpc) is 2.34. The number of halogens is 3. The number of hydrogen-bond donors (Lipinski definition) is 2. The van der Waals surface area contributed by atoms with E-state index in [2.05, 4.69) is 42.2 Å². The number of aromatic nitrogens is 1. The van der Waals surface area contributed by atoms with Crippen LogP contribution in [0.4, 0.5) is 21.6 Å². The zero-order chi connectivity index (χ0) is 13.3. The molecule has 0 atom stereocenters. The Bertz CT molecular complexity index is 602. The first-order valence-corrected chi connectivity index (χ1v) is 6.70. The summed E-state index contributed by atoms with van der Waals surface area (Å²) in [4.78, 5) is 4.14. The highest BCUT2D eigenvalue weighted by Crippen LogP contribution is 2.31. The molecule has 0 saturated heterocycles. The van der Waals surface area contributed by atoms with Crippen molar-refractivity contribution < 1.29 is 4.39 Å². The number of benzene rings is 1. The quantitative estimate of drug-likeness (QED) is 0.820. The number of anilines is 3. The summed E-state index contributed by atoms with van der Waals surface area (Å²) < 4.78 is 15.1. The Morgan fingerprint density at radius 1 is 1.33 bits per heavy atom. The van der Waals surface area contributed by atoms with Gasteiger partial charge in [0.25, 0.3) is 0 Å². The molecule has 18 heavy (non-hydrogen) atoms. The number of rotatable bonds is 2. The predicted octanol–water partition coefficient (Wildman–Crippen LogP) is 4.38. The SMILES string of the molecule is Cc1c(N)cnc(Nc2cc(Br)ccc2F)c1Br. The van der Waals surface area contributed by atoms with E-state index in [-0.39, 0.29) is 5.82 Å². The summed E-state index contributed by atoms with van der Waals surface area (Å²) in [7, 11) is 0. The molecule has 0 saturated carbocycles. The summed E-state index contributed by atoms with van der Waals surface area (Å²) in [5, 5.41) is 2.93. The van der Waals surface area contributed by atoms with Crippen LogP contribution in [-0.4, -0.2) is 4.98 Å². The molecule has 0 bridgehead atoms. The number of nitrogens with one attached hydrogen (secondary N) is 1. The van der Waals surface area contributed by atoms with E-state index in [0.717, 1.165) is 14.5 Å². The molecule has 1 aromatic carbocycles. The molecule has 0 radical (unpaired) electrons. The van der Waals surface area contributed by atoms with Crippen molar-refractivity contribution in [1.82, 2.24) is 4.98 Å². The van der Waals surface area contributed by atoms with Gasteiger partial charge in [0.05, 0.1) is 22.0 Å². The summed E-state index contributed by atoms with van der Waals surface area (Å²) in [6, 6.07) is 4.66. The molecule has 0 unspecified atom stereocenters. The lowest BCUT2D eigenvalue weighted by Crippen LogP contribution is -2.01. The van der Waals surface area contributed by atoms with E-state index in [4.69, 9.17) is 5.73 Å². The fraction of sp³-hybridized carbons (Fsp3) is 0.0833. The van der Waals surface area contributed by atoms with Crippen LogP contribution in [0.3, 0.4) is 0 Å². The number of nitrogens with zero attached hydrogens (tertiary/aromatic N) is 1. The van der Waals surface area contributed by atoms with Gasteiger partial charge in [-0.25, -0.2) is 9.37 Å². The van der Waals surface area contributed by atoms with Gasteiger partial charge in [0.15, 0.2) is 0 Å². The van der Waals surface area contributed by atoms with E-state index in [1.807, 2.05) is 6.92 Å². The van der Waals surface area contributed by atoms with E-state index in [9.17, 15) is 4.39 Å². The van der Waals surface area contributed by atoms with Crippen molar-refractivity contribution in [3.63, 3.8) is 0 Å². The van der Waals surface area contributed by atoms with Crippen LogP contribution in [0.2, 0.25) is 0 Å². The zero-order valence-corrected chi connectivity index (χ0v) is 12.6. The average molecular weight is 375 g/mol. The second-order valence-corrected chi connectivity index (χ2v) is 5.46. The second-order valence-electron chi connectivity index (χ2n) is 3.75. The predicted molar refractivity (Wildman–Crippen MR) is 78.5 cm³/mol. The lowest BCUT2D eigenvalue weighted by molar-refractivity contribution is 0.631. The standard InChI is InChI=1S/C12H10Br2FN3/c1-6-9(16)5-17-12(11(6)14)18-10-4-7(13)2-3-8(10)15/h2-5H,16H2,1H3,(H,17,18). The minimum absolute atomic E-state index is 0.346. The summed E-state index contributed by atoms with van der Waals surface area (Å²) in [6.45, 7) is 1.86. The van der Waals surface area contributed by atoms with Crippen LogP contribution >= 0.6 is 31.9 Å². The largest absolute Gasteiger partial charge is 0.397 e. The lowest BCUT2D eigenvalue weighted by atomic mass is 10.2. The molecule has 0 amide bonds. The van der Waals surface area contributed by atoms with E-state index < -0.39 is 0 Å². The topological polar surface area (TPSA) is 50.9 Å². The second kappa shape index (κ2) is 5.24. The maximum atomic E-state index is 13.6. The van der Waals surface area contributed by atoms with Crippen molar-refractivity contribution in [1.29, 1.82) is 0 Å².